The van der Waals surface area contributed by atoms with Gasteiger partial charge in [-0.3, -0.25) is 9.36 Å². The fourth-order valence-electron chi connectivity index (χ4n) is 3.84. The first-order valence-electron chi connectivity index (χ1n) is 10.6. The van der Waals surface area contributed by atoms with E-state index in [1.165, 1.54) is 27.1 Å². The fraction of sp³-hybridized carbons (Fsp3) is 0.304. The van der Waals surface area contributed by atoms with Gasteiger partial charge in [0.15, 0.2) is 5.58 Å². The van der Waals surface area contributed by atoms with Gasteiger partial charge in [0.05, 0.1) is 10.4 Å². The summed E-state index contributed by atoms with van der Waals surface area (Å²) >= 11 is 6.11. The largest absolute Gasteiger partial charge is 0.420 e. The molecule has 1 aliphatic heterocycles. The van der Waals surface area contributed by atoms with Crippen molar-refractivity contribution in [1.29, 1.82) is 0 Å². The van der Waals surface area contributed by atoms with Gasteiger partial charge in [-0.15, -0.1) is 0 Å². The van der Waals surface area contributed by atoms with Crippen molar-refractivity contribution in [2.45, 2.75) is 24.8 Å². The summed E-state index contributed by atoms with van der Waals surface area (Å²) in [6, 6.07) is 11.5. The Bertz CT molecular complexity index is 1380. The van der Waals surface area contributed by atoms with Crippen LogP contribution in [-0.4, -0.2) is 54.3 Å². The number of sulfonamides is 1. The smallest absolute Gasteiger partial charge is 0.408 e. The number of fused-ring (bicyclic) bond motifs is 1. The van der Waals surface area contributed by atoms with E-state index in [1.807, 2.05) is 32.0 Å². The molecule has 1 aliphatic rings. The first kappa shape index (κ1) is 23.3. The SMILES string of the molecule is CC(C)n1c(=O)oc2cc(S(=O)(=O)N3CCN(C(=O)/C=C/c4ccccc4Cl)CC3)ccc21. The van der Waals surface area contributed by atoms with Crippen molar-refractivity contribution >= 4 is 44.7 Å². The number of hydrogen-bond donors (Lipinski definition) is 0. The predicted molar refractivity (Wildman–Crippen MR) is 127 cm³/mol. The molecule has 2 heterocycles. The molecule has 0 atom stereocenters. The van der Waals surface area contributed by atoms with Gasteiger partial charge in [-0.2, -0.15) is 4.31 Å². The highest BCUT2D eigenvalue weighted by Gasteiger charge is 2.30. The normalized spacial score (nSPS) is 15.7. The highest BCUT2D eigenvalue weighted by molar-refractivity contribution is 7.89. The number of oxazole rings is 1. The molecule has 4 rings (SSSR count). The summed E-state index contributed by atoms with van der Waals surface area (Å²) in [5.41, 5.74) is 1.52. The molecule has 1 saturated heterocycles. The van der Waals surface area contributed by atoms with E-state index >= 15 is 0 Å². The average molecular weight is 490 g/mol. The van der Waals surface area contributed by atoms with Crippen molar-refractivity contribution in [3.8, 4) is 0 Å². The summed E-state index contributed by atoms with van der Waals surface area (Å²) in [5.74, 6) is -0.725. The van der Waals surface area contributed by atoms with E-state index in [2.05, 4.69) is 0 Å². The van der Waals surface area contributed by atoms with Gasteiger partial charge in [0.25, 0.3) is 0 Å². The third-order valence-electron chi connectivity index (χ3n) is 5.60. The van der Waals surface area contributed by atoms with Gasteiger partial charge >= 0.3 is 5.76 Å². The second-order valence-electron chi connectivity index (χ2n) is 8.05. The minimum atomic E-state index is -3.80. The van der Waals surface area contributed by atoms with Gasteiger partial charge in [0.2, 0.25) is 15.9 Å². The number of halogens is 1. The molecule has 3 aromatic rings. The van der Waals surface area contributed by atoms with Crippen LogP contribution in [0.5, 0.6) is 0 Å². The van der Waals surface area contributed by atoms with Crippen LogP contribution in [0.4, 0.5) is 0 Å². The molecule has 0 aliphatic carbocycles. The molecule has 0 radical (unpaired) electrons. The lowest BCUT2D eigenvalue weighted by atomic mass is 10.2. The summed E-state index contributed by atoms with van der Waals surface area (Å²) in [6.45, 7) is 4.58. The summed E-state index contributed by atoms with van der Waals surface area (Å²) in [5, 5.41) is 0.550. The Morgan fingerprint density at radius 1 is 1.09 bits per heavy atom. The number of amides is 1. The molecule has 8 nitrogen and oxygen atoms in total. The first-order chi connectivity index (χ1) is 15.7. The van der Waals surface area contributed by atoms with Crippen molar-refractivity contribution in [2.75, 3.05) is 26.2 Å². The number of carbonyl (C=O) groups excluding carboxylic acids is 1. The van der Waals surface area contributed by atoms with E-state index in [9.17, 15) is 18.0 Å². The number of benzene rings is 2. The van der Waals surface area contributed by atoms with E-state index < -0.39 is 15.8 Å². The zero-order chi connectivity index (χ0) is 23.8. The van der Waals surface area contributed by atoms with Crippen LogP contribution in [-0.2, 0) is 14.8 Å². The average Bonchev–Trinajstić information content (AvgIpc) is 3.13. The Balaban J connectivity index is 1.46. The second kappa shape index (κ2) is 9.17. The van der Waals surface area contributed by atoms with Crippen LogP contribution in [0.15, 0.2) is 62.6 Å². The molecule has 0 spiro atoms. The highest BCUT2D eigenvalue weighted by Crippen LogP contribution is 2.24. The minimum absolute atomic E-state index is 0.0537. The van der Waals surface area contributed by atoms with Crippen LogP contribution < -0.4 is 5.76 Å². The molecule has 0 unspecified atom stereocenters. The Labute approximate surface area is 196 Å². The summed E-state index contributed by atoms with van der Waals surface area (Å²) < 4.78 is 34.4. The lowest BCUT2D eigenvalue weighted by Crippen LogP contribution is -2.50. The maximum absolute atomic E-state index is 13.1. The zero-order valence-corrected chi connectivity index (χ0v) is 19.8. The number of piperazine rings is 1. The third-order valence-corrected chi connectivity index (χ3v) is 7.84. The van der Waals surface area contributed by atoms with Crippen LogP contribution in [0, 0.1) is 0 Å². The monoisotopic (exact) mass is 489 g/mol. The first-order valence-corrected chi connectivity index (χ1v) is 12.4. The quantitative estimate of drug-likeness (QED) is 0.512. The minimum Gasteiger partial charge on any atom is -0.408 e. The molecule has 0 N–H and O–H groups in total. The number of carbonyl (C=O) groups is 1. The lowest BCUT2D eigenvalue weighted by molar-refractivity contribution is -0.127. The number of rotatable bonds is 5. The van der Waals surface area contributed by atoms with E-state index in [0.717, 1.165) is 5.56 Å². The van der Waals surface area contributed by atoms with Gasteiger partial charge in [-0.25, -0.2) is 13.2 Å². The van der Waals surface area contributed by atoms with Gasteiger partial charge in [0, 0.05) is 49.4 Å². The van der Waals surface area contributed by atoms with Crippen LogP contribution >= 0.6 is 11.6 Å². The van der Waals surface area contributed by atoms with Crippen LogP contribution in [0.25, 0.3) is 17.2 Å². The van der Waals surface area contributed by atoms with Crippen LogP contribution in [0.1, 0.15) is 25.5 Å². The number of aromatic nitrogens is 1. The lowest BCUT2D eigenvalue weighted by Gasteiger charge is -2.33. The van der Waals surface area contributed by atoms with Gasteiger partial charge in [-0.05, 0) is 43.7 Å². The molecule has 1 amide bonds. The Morgan fingerprint density at radius 2 is 1.79 bits per heavy atom. The standard InChI is InChI=1S/C23H24ClN3O5S/c1-16(2)27-20-9-8-18(15-21(20)32-23(27)29)33(30,31)26-13-11-25(12-14-26)22(28)10-7-17-5-3-4-6-19(17)24/h3-10,15-16H,11-14H2,1-2H3/b10-7+. The Morgan fingerprint density at radius 3 is 2.45 bits per heavy atom. The molecule has 174 valence electrons. The highest BCUT2D eigenvalue weighted by atomic mass is 35.5. The van der Waals surface area contributed by atoms with Gasteiger partial charge in [0.1, 0.15) is 0 Å². The fourth-order valence-corrected chi connectivity index (χ4v) is 5.48. The van der Waals surface area contributed by atoms with Crippen molar-refractivity contribution in [3.05, 3.63) is 69.7 Å². The van der Waals surface area contributed by atoms with Crippen LogP contribution in [0.2, 0.25) is 5.02 Å². The summed E-state index contributed by atoms with van der Waals surface area (Å²) in [7, 11) is -3.80. The van der Waals surface area contributed by atoms with Crippen molar-refractivity contribution in [3.63, 3.8) is 0 Å². The third kappa shape index (κ3) is 4.62. The molecule has 0 saturated carbocycles. The van der Waals surface area contributed by atoms with E-state index in [0.29, 0.717) is 10.5 Å². The molecule has 1 aromatic heterocycles. The number of hydrogen-bond acceptors (Lipinski definition) is 5. The van der Waals surface area contributed by atoms with E-state index in [1.54, 1.807) is 23.1 Å². The maximum atomic E-state index is 13.1. The predicted octanol–water partition coefficient (Wildman–Crippen LogP) is 3.38. The molecule has 33 heavy (non-hydrogen) atoms. The molecular weight excluding hydrogens is 466 g/mol. The molecule has 1 fully saturated rings. The Kier molecular flexibility index (Phi) is 6.47. The van der Waals surface area contributed by atoms with Gasteiger partial charge < -0.3 is 9.32 Å². The van der Waals surface area contributed by atoms with E-state index in [-0.39, 0.29) is 48.6 Å². The Hall–Kier alpha value is -2.88. The topological polar surface area (TPSA) is 92.8 Å². The molecule has 0 bridgehead atoms. The maximum Gasteiger partial charge on any atom is 0.420 e. The molecule has 2 aromatic carbocycles. The zero-order valence-electron chi connectivity index (χ0n) is 18.3. The van der Waals surface area contributed by atoms with Crippen molar-refractivity contribution in [2.24, 2.45) is 0 Å². The summed E-state index contributed by atoms with van der Waals surface area (Å²) in [4.78, 5) is 26.3. The number of nitrogens with zero attached hydrogens (tertiary/aromatic N) is 3. The van der Waals surface area contributed by atoms with Gasteiger partial charge in [-0.1, -0.05) is 29.8 Å². The van der Waals surface area contributed by atoms with Crippen molar-refractivity contribution in [1.82, 2.24) is 13.8 Å². The van der Waals surface area contributed by atoms with E-state index in [4.69, 9.17) is 16.0 Å². The summed E-state index contributed by atoms with van der Waals surface area (Å²) in [6.07, 6.45) is 3.10. The molecule has 10 heteroatoms. The molecular formula is C23H24ClN3O5S. The van der Waals surface area contributed by atoms with Crippen molar-refractivity contribution < 1.29 is 17.6 Å². The second-order valence-corrected chi connectivity index (χ2v) is 10.4. The van der Waals surface area contributed by atoms with Crippen LogP contribution in [0.3, 0.4) is 0 Å².